The fourth-order valence-electron chi connectivity index (χ4n) is 1.22. The Hall–Kier alpha value is -1.61. The first-order chi connectivity index (χ1) is 9.30. The second-order valence-corrected chi connectivity index (χ2v) is 6.02. The van der Waals surface area contributed by atoms with Gasteiger partial charge >= 0.3 is 22.1 Å². The maximum absolute atomic E-state index is 12.3. The highest BCUT2D eigenvalue weighted by molar-refractivity contribution is 9.10. The van der Waals surface area contributed by atoms with Crippen molar-refractivity contribution in [1.29, 1.82) is 0 Å². The largest absolute Gasteiger partial charge is 0.458 e. The van der Waals surface area contributed by atoms with Crippen LogP contribution >= 0.6 is 15.9 Å². The van der Waals surface area contributed by atoms with Crippen molar-refractivity contribution in [3.05, 3.63) is 28.7 Å². The van der Waals surface area contributed by atoms with Crippen molar-refractivity contribution >= 4 is 38.0 Å². The van der Waals surface area contributed by atoms with Crippen molar-refractivity contribution in [2.75, 3.05) is 6.61 Å². The summed E-state index contributed by atoms with van der Waals surface area (Å²) in [5, 5.41) is 0. The number of nitrogens with zero attached hydrogens (tertiary/aromatic N) is 1. The van der Waals surface area contributed by atoms with Crippen LogP contribution in [-0.4, -0.2) is 31.6 Å². The van der Waals surface area contributed by atoms with Gasteiger partial charge in [0.2, 0.25) is 0 Å². The molecule has 1 aromatic carbocycles. The summed E-state index contributed by atoms with van der Waals surface area (Å²) in [7, 11) is -4.38. The van der Waals surface area contributed by atoms with Crippen LogP contribution in [0, 0.1) is 0 Å². The maximum atomic E-state index is 12.3. The first-order valence-electron chi connectivity index (χ1n) is 5.45. The van der Waals surface area contributed by atoms with Gasteiger partial charge in [0.25, 0.3) is 0 Å². The monoisotopic (exact) mass is 365 g/mol. The molecule has 1 amide bonds. The molecule has 1 aromatic rings. The summed E-state index contributed by atoms with van der Waals surface area (Å²) in [5.74, 6) is -0.964. The minimum Gasteiger partial charge on any atom is -0.447 e. The fraction of sp³-hybridized carbons (Fsp3) is 0.273. The lowest BCUT2D eigenvalue weighted by Crippen LogP contribution is -2.38. The number of hydrogen-bond donors (Lipinski definition) is 0. The Bertz CT molecular complexity index is 615. The zero-order chi connectivity index (χ0) is 15.3. The quantitative estimate of drug-likeness (QED) is 0.761. The predicted octanol–water partition coefficient (Wildman–Crippen LogP) is 2.07. The molecule has 9 heteroatoms. The summed E-state index contributed by atoms with van der Waals surface area (Å²) in [4.78, 5) is 26.8. The highest BCUT2D eigenvalue weighted by Gasteiger charge is 2.35. The number of benzene rings is 1. The number of carbonyl (C=O) groups is 2. The van der Waals surface area contributed by atoms with Gasteiger partial charge in [-0.1, -0.05) is 12.1 Å². The Morgan fingerprint density at radius 1 is 1.30 bits per heavy atom. The number of carbonyl (C=O) groups excluding carboxylic acids is 2. The Morgan fingerprint density at radius 3 is 2.40 bits per heavy atom. The Morgan fingerprint density at radius 2 is 1.90 bits per heavy atom. The van der Waals surface area contributed by atoms with Crippen LogP contribution in [0.4, 0.5) is 4.79 Å². The fourth-order valence-corrected chi connectivity index (χ4v) is 3.31. The van der Waals surface area contributed by atoms with E-state index in [0.29, 0.717) is 0 Å². The topological polar surface area (TPSA) is 90.0 Å². The van der Waals surface area contributed by atoms with E-state index in [1.807, 2.05) is 0 Å². The summed E-state index contributed by atoms with van der Waals surface area (Å²) in [5.41, 5.74) is 0. The third-order valence-electron chi connectivity index (χ3n) is 1.96. The molecule has 0 bridgehead atoms. The molecule has 0 aliphatic rings. The Labute approximate surface area is 124 Å². The van der Waals surface area contributed by atoms with E-state index in [1.165, 1.54) is 25.1 Å². The molecular formula is C11H12BrNO6S. The van der Waals surface area contributed by atoms with Crippen LogP contribution in [0.15, 0.2) is 33.6 Å². The number of ether oxygens (including phenoxy) is 1. The molecule has 0 atom stereocenters. The molecule has 0 aliphatic heterocycles. The number of sulfonamides is 1. The molecule has 0 radical (unpaired) electrons. The van der Waals surface area contributed by atoms with Crippen LogP contribution in [-0.2, 0) is 24.4 Å². The minimum atomic E-state index is -4.38. The number of rotatable bonds is 3. The lowest BCUT2D eigenvalue weighted by molar-refractivity contribution is -0.162. The molecule has 1 rings (SSSR count). The van der Waals surface area contributed by atoms with E-state index < -0.39 is 22.1 Å². The maximum Gasteiger partial charge on any atom is 0.458 e. The molecule has 0 aliphatic carbocycles. The molecule has 0 fully saturated rings. The molecule has 0 N–H and O–H groups in total. The SMILES string of the molecule is CCOC(=O)N(OC(C)=O)S(=O)(=O)c1ccccc1Br. The number of amides is 1. The van der Waals surface area contributed by atoms with Gasteiger partial charge in [0.05, 0.1) is 6.61 Å². The van der Waals surface area contributed by atoms with Crippen LogP contribution < -0.4 is 0 Å². The van der Waals surface area contributed by atoms with E-state index in [9.17, 15) is 18.0 Å². The van der Waals surface area contributed by atoms with Crippen molar-refractivity contribution in [2.24, 2.45) is 0 Å². The highest BCUT2D eigenvalue weighted by atomic mass is 79.9. The molecule has 0 spiro atoms. The number of hydroxylamine groups is 1. The van der Waals surface area contributed by atoms with E-state index in [1.54, 1.807) is 6.07 Å². The first-order valence-corrected chi connectivity index (χ1v) is 7.69. The van der Waals surface area contributed by atoms with E-state index in [-0.39, 0.29) is 20.4 Å². The molecule has 20 heavy (non-hydrogen) atoms. The van der Waals surface area contributed by atoms with Gasteiger partial charge in [-0.25, -0.2) is 9.59 Å². The van der Waals surface area contributed by atoms with Gasteiger partial charge in [-0.2, -0.15) is 8.42 Å². The Kier molecular flexibility index (Phi) is 5.52. The molecule has 110 valence electrons. The van der Waals surface area contributed by atoms with Crippen LogP contribution in [0.5, 0.6) is 0 Å². The van der Waals surface area contributed by atoms with Crippen molar-refractivity contribution < 1.29 is 27.6 Å². The van der Waals surface area contributed by atoms with Crippen molar-refractivity contribution in [3.63, 3.8) is 0 Å². The third kappa shape index (κ3) is 3.70. The van der Waals surface area contributed by atoms with Gasteiger partial charge < -0.3 is 9.57 Å². The Balaban J connectivity index is 3.28. The van der Waals surface area contributed by atoms with Gasteiger partial charge in [-0.05, 0) is 39.5 Å². The van der Waals surface area contributed by atoms with Gasteiger partial charge in [-0.15, -0.1) is 0 Å². The third-order valence-corrected chi connectivity index (χ3v) is 4.49. The summed E-state index contributed by atoms with van der Waals surface area (Å²) < 4.78 is 29.4. The molecule has 0 heterocycles. The molecule has 0 saturated carbocycles. The van der Waals surface area contributed by atoms with Gasteiger partial charge in [0.15, 0.2) is 0 Å². The van der Waals surface area contributed by atoms with Crippen molar-refractivity contribution in [2.45, 2.75) is 18.7 Å². The van der Waals surface area contributed by atoms with Crippen LogP contribution in [0.1, 0.15) is 13.8 Å². The molecule has 0 unspecified atom stereocenters. The lowest BCUT2D eigenvalue weighted by Gasteiger charge is -2.19. The van der Waals surface area contributed by atoms with E-state index in [2.05, 4.69) is 25.5 Å². The molecular weight excluding hydrogens is 354 g/mol. The molecule has 7 nitrogen and oxygen atoms in total. The number of halogens is 1. The summed E-state index contributed by atoms with van der Waals surface area (Å²) in [6.45, 7) is 2.40. The summed E-state index contributed by atoms with van der Waals surface area (Å²) >= 11 is 3.06. The first kappa shape index (κ1) is 16.4. The smallest absolute Gasteiger partial charge is 0.447 e. The summed E-state index contributed by atoms with van der Waals surface area (Å²) in [6, 6.07) is 5.80. The zero-order valence-electron chi connectivity index (χ0n) is 10.7. The minimum absolute atomic E-state index is 0.0674. The second kappa shape index (κ2) is 6.71. The molecule has 0 aromatic heterocycles. The van der Waals surface area contributed by atoms with Crippen molar-refractivity contribution in [1.82, 2.24) is 4.47 Å². The van der Waals surface area contributed by atoms with Crippen LogP contribution in [0.2, 0.25) is 0 Å². The molecule has 0 saturated heterocycles. The average molecular weight is 366 g/mol. The van der Waals surface area contributed by atoms with Crippen molar-refractivity contribution in [3.8, 4) is 0 Å². The van der Waals surface area contributed by atoms with Crippen LogP contribution in [0.25, 0.3) is 0 Å². The van der Waals surface area contributed by atoms with Crippen LogP contribution in [0.3, 0.4) is 0 Å². The second-order valence-electron chi connectivity index (χ2n) is 3.44. The van der Waals surface area contributed by atoms with Gasteiger partial charge in [-0.3, -0.25) is 0 Å². The predicted molar refractivity (Wildman–Crippen MR) is 72.0 cm³/mol. The van der Waals surface area contributed by atoms with Gasteiger partial charge in [0.1, 0.15) is 4.90 Å². The standard InChI is InChI=1S/C11H12BrNO6S/c1-3-18-11(15)13(19-8(2)14)20(16,17)10-7-5-4-6-9(10)12/h4-7H,3H2,1-2H3. The number of hydrogen-bond acceptors (Lipinski definition) is 6. The average Bonchev–Trinajstić information content (AvgIpc) is 2.36. The highest BCUT2D eigenvalue weighted by Crippen LogP contribution is 2.25. The normalized spacial score (nSPS) is 10.8. The summed E-state index contributed by atoms with van der Waals surface area (Å²) in [6.07, 6.45) is -1.29. The lowest BCUT2D eigenvalue weighted by atomic mass is 10.4. The van der Waals surface area contributed by atoms with E-state index >= 15 is 0 Å². The van der Waals surface area contributed by atoms with E-state index in [4.69, 9.17) is 0 Å². The van der Waals surface area contributed by atoms with Gasteiger partial charge in [0, 0.05) is 11.4 Å². The van der Waals surface area contributed by atoms with E-state index in [0.717, 1.165) is 6.92 Å². The zero-order valence-corrected chi connectivity index (χ0v) is 13.1.